The van der Waals surface area contributed by atoms with Crippen molar-refractivity contribution in [2.24, 2.45) is 11.5 Å². The number of hydrogen-bond donors (Lipinski definition) is 17. The minimum absolute atomic E-state index is 0.00913. The zero-order chi connectivity index (χ0) is 62.8. The Morgan fingerprint density at radius 1 is 0.553 bits per heavy atom. The summed E-state index contributed by atoms with van der Waals surface area (Å²) < 4.78 is 0. The van der Waals surface area contributed by atoms with Gasteiger partial charge in [-0.25, -0.2) is 9.78 Å². The lowest BCUT2D eigenvalue weighted by Gasteiger charge is -2.28. The first kappa shape index (κ1) is 67.9. The van der Waals surface area contributed by atoms with E-state index in [0.717, 1.165) is 6.92 Å². The largest absolute Gasteiger partial charge is 0.508 e. The lowest BCUT2D eigenvalue weighted by atomic mass is 10.0. The summed E-state index contributed by atoms with van der Waals surface area (Å²) in [5, 5.41) is 71.6. The SMILES string of the molecule is CSCC[C@H](NC(=O)CNC(=O)[C@H](Cc1ccc(O)cc1)NC(=O)[C@H](Cc1cnc[nH]1)NC(=O)[C@@H](NC(=O)[C@H](Cc1ccccc1)NC(=O)[C@H](CC(=O)O)NC(=O)[C@H](Cc1ccc(O)cc1)NC(=O)CN)[C@@H](C)O)C(=O)N[C@@H](CC(N)=O)C(=O)O. The summed E-state index contributed by atoms with van der Waals surface area (Å²) in [5.41, 5.74) is 12.1. The second kappa shape index (κ2) is 34.1. The molecule has 31 heteroatoms. The molecule has 0 aliphatic heterocycles. The van der Waals surface area contributed by atoms with Gasteiger partial charge in [-0.1, -0.05) is 54.6 Å². The van der Waals surface area contributed by atoms with Crippen LogP contribution in [0.5, 0.6) is 11.5 Å². The second-order valence-electron chi connectivity index (χ2n) is 19.3. The van der Waals surface area contributed by atoms with Gasteiger partial charge in [0.1, 0.15) is 59.8 Å². The van der Waals surface area contributed by atoms with Crippen LogP contribution in [-0.2, 0) is 83.2 Å². The van der Waals surface area contributed by atoms with Gasteiger partial charge in [-0.2, -0.15) is 11.8 Å². The molecule has 4 aromatic rings. The highest BCUT2D eigenvalue weighted by molar-refractivity contribution is 7.98. The van der Waals surface area contributed by atoms with E-state index >= 15 is 0 Å². The number of phenols is 2. The van der Waals surface area contributed by atoms with E-state index in [9.17, 15) is 83.1 Å². The summed E-state index contributed by atoms with van der Waals surface area (Å²) >= 11 is 1.30. The lowest BCUT2D eigenvalue weighted by Crippen LogP contribution is -2.62. The molecule has 0 bridgehead atoms. The quantitative estimate of drug-likeness (QED) is 0.0207. The number of nitrogens with one attached hydrogen (secondary N) is 10. The molecule has 0 aliphatic rings. The Hall–Kier alpha value is -9.62. The number of aromatic amines is 1. The number of imidazole rings is 1. The fraction of sp³-hybridized carbons (Fsp3) is 0.389. The Labute approximate surface area is 490 Å². The minimum atomic E-state index is -1.91. The van der Waals surface area contributed by atoms with Gasteiger partial charge in [0, 0.05) is 37.6 Å². The number of H-pyrrole nitrogens is 1. The van der Waals surface area contributed by atoms with E-state index in [1.165, 1.54) is 72.8 Å². The number of nitrogens with zero attached hydrogens (tertiary/aromatic N) is 1. The zero-order valence-electron chi connectivity index (χ0n) is 46.1. The van der Waals surface area contributed by atoms with Crippen LogP contribution >= 0.6 is 11.8 Å². The number of aromatic nitrogens is 2. The van der Waals surface area contributed by atoms with Crippen molar-refractivity contribution >= 4 is 82.8 Å². The monoisotopic (exact) mass is 1200 g/mol. The molecule has 0 radical (unpaired) electrons. The first-order chi connectivity index (χ1) is 40.3. The van der Waals surface area contributed by atoms with Gasteiger partial charge in [-0.3, -0.25) is 52.7 Å². The number of aliphatic carboxylic acids is 2. The molecule has 4 rings (SSSR count). The first-order valence-electron chi connectivity index (χ1n) is 26.2. The molecule has 19 N–H and O–H groups in total. The molecule has 0 saturated heterocycles. The molecule has 0 saturated carbocycles. The first-order valence-corrected chi connectivity index (χ1v) is 27.6. The van der Waals surface area contributed by atoms with Crippen LogP contribution < -0.4 is 59.3 Å². The number of carbonyl (C=O) groups excluding carboxylic acids is 10. The maximum Gasteiger partial charge on any atom is 0.326 e. The smallest absolute Gasteiger partial charge is 0.326 e. The molecule has 0 fully saturated rings. The number of hydrogen-bond acceptors (Lipinski definition) is 18. The number of carboxylic acids is 2. The maximum atomic E-state index is 14.4. The average Bonchev–Trinajstić information content (AvgIpc) is 4.17. The molecule has 3 aromatic carbocycles. The normalized spacial score (nSPS) is 14.1. The zero-order valence-corrected chi connectivity index (χ0v) is 46.9. The van der Waals surface area contributed by atoms with Crippen LogP contribution in [0.2, 0.25) is 0 Å². The summed E-state index contributed by atoms with van der Waals surface area (Å²) in [4.78, 5) is 166. The van der Waals surface area contributed by atoms with Crippen molar-refractivity contribution in [3.8, 4) is 11.5 Å². The van der Waals surface area contributed by atoms with Gasteiger partial charge in [-0.05, 0) is 66.3 Å². The van der Waals surface area contributed by atoms with Crippen molar-refractivity contribution in [1.29, 1.82) is 0 Å². The fourth-order valence-corrected chi connectivity index (χ4v) is 8.60. The maximum absolute atomic E-state index is 14.4. The second-order valence-corrected chi connectivity index (χ2v) is 20.3. The van der Waals surface area contributed by atoms with Crippen LogP contribution in [-0.4, -0.2) is 186 Å². The summed E-state index contributed by atoms with van der Waals surface area (Å²) in [6.45, 7) is -0.215. The number of carboxylic acid groups (broad SMARTS) is 2. The number of carbonyl (C=O) groups is 12. The van der Waals surface area contributed by atoms with E-state index in [2.05, 4.69) is 57.8 Å². The van der Waals surface area contributed by atoms with Crippen LogP contribution in [0.3, 0.4) is 0 Å². The molecule has 0 unspecified atom stereocenters. The van der Waals surface area contributed by atoms with Crippen molar-refractivity contribution in [3.05, 3.63) is 114 Å². The third kappa shape index (κ3) is 23.6. The van der Waals surface area contributed by atoms with E-state index in [0.29, 0.717) is 22.4 Å². The molecule has 0 aliphatic carbocycles. The Kier molecular flexibility index (Phi) is 27.2. The highest BCUT2D eigenvalue weighted by Crippen LogP contribution is 2.15. The molecule has 9 atom stereocenters. The number of aromatic hydroxyl groups is 2. The molecule has 0 spiro atoms. The molecule has 10 amide bonds. The molecular formula is C54H69N13O17S. The van der Waals surface area contributed by atoms with E-state index in [-0.39, 0.29) is 49.3 Å². The molecule has 458 valence electrons. The predicted molar refractivity (Wildman–Crippen MR) is 302 cm³/mol. The van der Waals surface area contributed by atoms with Gasteiger partial charge < -0.3 is 89.8 Å². The highest BCUT2D eigenvalue weighted by atomic mass is 32.2. The van der Waals surface area contributed by atoms with Crippen LogP contribution in [0.15, 0.2) is 91.4 Å². The van der Waals surface area contributed by atoms with Gasteiger partial charge in [0.2, 0.25) is 59.1 Å². The Morgan fingerprint density at radius 2 is 1.01 bits per heavy atom. The molecule has 85 heavy (non-hydrogen) atoms. The average molecular weight is 1200 g/mol. The number of rotatable bonds is 35. The minimum Gasteiger partial charge on any atom is -0.508 e. The Bertz CT molecular complexity index is 2960. The van der Waals surface area contributed by atoms with E-state index in [1.807, 2.05) is 0 Å². The van der Waals surface area contributed by atoms with E-state index in [4.69, 9.17) is 11.5 Å². The third-order valence-corrected chi connectivity index (χ3v) is 13.2. The lowest BCUT2D eigenvalue weighted by molar-refractivity contribution is -0.143. The van der Waals surface area contributed by atoms with Crippen molar-refractivity contribution in [3.63, 3.8) is 0 Å². The van der Waals surface area contributed by atoms with E-state index < -0.39 is 151 Å². The fourth-order valence-electron chi connectivity index (χ4n) is 8.13. The number of thioether (sulfide) groups is 1. The number of nitrogens with two attached hydrogens (primary N) is 2. The number of amides is 10. The molecule has 1 aromatic heterocycles. The van der Waals surface area contributed by atoms with Gasteiger partial charge in [0.25, 0.3) is 0 Å². The van der Waals surface area contributed by atoms with Crippen molar-refractivity contribution < 1.29 is 83.1 Å². The number of aliphatic hydroxyl groups is 1. The Balaban J connectivity index is 1.59. The summed E-state index contributed by atoms with van der Waals surface area (Å²) in [6.07, 6.45) is -0.386. The van der Waals surface area contributed by atoms with Gasteiger partial charge >= 0.3 is 11.9 Å². The van der Waals surface area contributed by atoms with Gasteiger partial charge in [0.05, 0.1) is 38.4 Å². The number of aliphatic hydroxyl groups excluding tert-OH is 1. The number of phenolic OH excluding ortho intramolecular Hbond substituents is 2. The van der Waals surface area contributed by atoms with Gasteiger partial charge in [-0.15, -0.1) is 0 Å². The molecule has 1 heterocycles. The molecule has 30 nitrogen and oxygen atoms in total. The van der Waals surface area contributed by atoms with Crippen molar-refractivity contribution in [2.75, 3.05) is 25.1 Å². The molecular weight excluding hydrogens is 1130 g/mol. The van der Waals surface area contributed by atoms with Crippen LogP contribution in [0.1, 0.15) is 48.6 Å². The summed E-state index contributed by atoms with van der Waals surface area (Å²) in [5.74, 6) is -13.3. The van der Waals surface area contributed by atoms with Crippen molar-refractivity contribution in [1.82, 2.24) is 57.8 Å². The number of benzene rings is 3. The highest BCUT2D eigenvalue weighted by Gasteiger charge is 2.37. The van der Waals surface area contributed by atoms with Crippen LogP contribution in [0.25, 0.3) is 0 Å². The van der Waals surface area contributed by atoms with Crippen molar-refractivity contribution in [2.45, 2.75) is 106 Å². The topological polar surface area (TPSA) is 495 Å². The predicted octanol–water partition coefficient (Wildman–Crippen LogP) is -4.39. The van der Waals surface area contributed by atoms with E-state index in [1.54, 1.807) is 36.6 Å². The summed E-state index contributed by atoms with van der Waals surface area (Å²) in [6, 6.07) is 5.96. The Morgan fingerprint density at radius 3 is 1.51 bits per heavy atom. The summed E-state index contributed by atoms with van der Waals surface area (Å²) in [7, 11) is 0. The van der Waals surface area contributed by atoms with Crippen LogP contribution in [0, 0.1) is 0 Å². The standard InChI is InChI=1S/C54H69N13O17S/c1-28(68)46(67-52(81)38(18-29-6-4-3-5-7-29)63-51(80)40(23-45(74)75)64-49(78)37(61-43(72)24-55)20-31-10-14-34(70)15-11-31)53(82)65-39(21-32-25-57-27-59-32)50(79)62-36(19-30-8-12-33(69)13-9-30)47(76)58-26-44(73)60-35(16-17-85-2)48(77)66-41(54(83)84)22-42(56)71/h3-15,25,27-28,35-41,46,68-70H,16-24,26,55H2,1-2H3,(H2,56,71)(H,57,59)(H,58,76)(H,60,73)(H,61,72)(H,62,79)(H,63,80)(H,64,78)(H,65,82)(H,66,77)(H,67,81)(H,74,75)(H,83,84)/t28-,35+,36+,37+,38+,39+,40+,41+,46+/m1/s1. The number of primary amides is 1. The van der Waals surface area contributed by atoms with Crippen LogP contribution in [0.4, 0.5) is 0 Å². The van der Waals surface area contributed by atoms with Gasteiger partial charge in [0.15, 0.2) is 0 Å². The third-order valence-electron chi connectivity index (χ3n) is 12.5.